The first kappa shape index (κ1) is 15.6. The molecule has 1 atom stereocenters. The summed E-state index contributed by atoms with van der Waals surface area (Å²) in [4.78, 5) is 16.6. The topological polar surface area (TPSA) is 51.7 Å². The van der Waals surface area contributed by atoms with Gasteiger partial charge in [0.25, 0.3) is 0 Å². The molecule has 1 unspecified atom stereocenters. The zero-order valence-electron chi connectivity index (χ0n) is 11.4. The van der Waals surface area contributed by atoms with E-state index >= 15 is 0 Å². The van der Waals surface area contributed by atoms with E-state index in [1.165, 1.54) is 24.3 Å². The minimum absolute atomic E-state index is 0.00118. The molecule has 8 heteroatoms. The van der Waals surface area contributed by atoms with E-state index in [9.17, 15) is 18.0 Å². The maximum atomic E-state index is 13.0. The third-order valence-corrected chi connectivity index (χ3v) is 3.15. The monoisotopic (exact) mass is 304 g/mol. The minimum atomic E-state index is -4.47. The maximum absolute atomic E-state index is 13.0. The molecule has 1 aliphatic heterocycles. The van der Waals surface area contributed by atoms with Crippen LogP contribution in [0.4, 0.5) is 19.0 Å². The summed E-state index contributed by atoms with van der Waals surface area (Å²) in [5.74, 6) is -0.595. The number of alkyl halides is 3. The zero-order valence-corrected chi connectivity index (χ0v) is 11.4. The normalized spacial score (nSPS) is 19.4. The number of pyridine rings is 1. The fourth-order valence-corrected chi connectivity index (χ4v) is 2.17. The van der Waals surface area contributed by atoms with Gasteiger partial charge in [0.05, 0.1) is 31.8 Å². The fraction of sp³-hybridized carbons (Fsp3) is 0.538. The highest BCUT2D eigenvalue weighted by atomic mass is 19.4. The lowest BCUT2D eigenvalue weighted by Crippen LogP contribution is -2.44. The van der Waals surface area contributed by atoms with Crippen LogP contribution in [0.5, 0.6) is 0 Å². The highest BCUT2D eigenvalue weighted by Gasteiger charge is 2.36. The van der Waals surface area contributed by atoms with Gasteiger partial charge < -0.3 is 14.4 Å². The molecule has 0 spiro atoms. The van der Waals surface area contributed by atoms with Crippen molar-refractivity contribution in [3.05, 3.63) is 23.9 Å². The second kappa shape index (κ2) is 6.30. The number of esters is 1. The van der Waals surface area contributed by atoms with Gasteiger partial charge in [-0.05, 0) is 12.1 Å². The van der Waals surface area contributed by atoms with Gasteiger partial charge in [-0.1, -0.05) is 0 Å². The molecular weight excluding hydrogens is 289 g/mol. The van der Waals surface area contributed by atoms with Crippen LogP contribution in [0.15, 0.2) is 18.3 Å². The summed E-state index contributed by atoms with van der Waals surface area (Å²) in [6.07, 6.45) is -3.66. The van der Waals surface area contributed by atoms with Crippen LogP contribution in [0.25, 0.3) is 0 Å². The molecule has 2 rings (SSSR count). The number of methoxy groups -OCH3 is 1. The molecule has 1 aromatic rings. The van der Waals surface area contributed by atoms with Crippen LogP contribution in [0.2, 0.25) is 0 Å². The van der Waals surface area contributed by atoms with Crippen molar-refractivity contribution in [2.45, 2.75) is 18.7 Å². The Morgan fingerprint density at radius 2 is 2.33 bits per heavy atom. The molecule has 1 saturated heterocycles. The Labute approximate surface area is 119 Å². The van der Waals surface area contributed by atoms with Gasteiger partial charge in [0.2, 0.25) is 0 Å². The van der Waals surface area contributed by atoms with Crippen molar-refractivity contribution in [3.63, 3.8) is 0 Å². The average molecular weight is 304 g/mol. The Bertz CT molecular complexity index is 508. The number of hydrogen-bond acceptors (Lipinski definition) is 5. The van der Waals surface area contributed by atoms with Crippen LogP contribution in [0, 0.1) is 0 Å². The minimum Gasteiger partial charge on any atom is -0.469 e. The molecule has 0 aliphatic carbocycles. The standard InChI is InChI=1S/C13H15F3N2O3/c1-20-11(19)7-9-8-18(5-6-21-9)12-10(13(14,15)16)3-2-4-17-12/h2-4,9H,5-8H2,1H3. The summed E-state index contributed by atoms with van der Waals surface area (Å²) in [6, 6.07) is 2.24. The molecule has 0 saturated carbocycles. The maximum Gasteiger partial charge on any atom is 0.419 e. The Hall–Kier alpha value is -1.83. The molecule has 21 heavy (non-hydrogen) atoms. The third-order valence-electron chi connectivity index (χ3n) is 3.15. The van der Waals surface area contributed by atoms with Crippen LogP contribution in [0.1, 0.15) is 12.0 Å². The first-order valence-corrected chi connectivity index (χ1v) is 6.37. The van der Waals surface area contributed by atoms with Crippen LogP contribution >= 0.6 is 0 Å². The number of halogens is 3. The van der Waals surface area contributed by atoms with Crippen molar-refractivity contribution >= 4 is 11.8 Å². The Morgan fingerprint density at radius 3 is 3.00 bits per heavy atom. The highest BCUT2D eigenvalue weighted by molar-refractivity contribution is 5.70. The van der Waals surface area contributed by atoms with Gasteiger partial charge in [0.15, 0.2) is 0 Å². The first-order chi connectivity index (χ1) is 9.91. The number of anilines is 1. The van der Waals surface area contributed by atoms with Gasteiger partial charge in [0.1, 0.15) is 5.82 Å². The van der Waals surface area contributed by atoms with Crippen molar-refractivity contribution in [1.29, 1.82) is 0 Å². The summed E-state index contributed by atoms with van der Waals surface area (Å²) < 4.78 is 48.9. The Morgan fingerprint density at radius 1 is 1.57 bits per heavy atom. The summed E-state index contributed by atoms with van der Waals surface area (Å²) in [5, 5.41) is 0. The van der Waals surface area contributed by atoms with E-state index in [2.05, 4.69) is 9.72 Å². The van der Waals surface area contributed by atoms with Crippen LogP contribution in [-0.4, -0.2) is 43.9 Å². The fourth-order valence-electron chi connectivity index (χ4n) is 2.17. The molecule has 5 nitrogen and oxygen atoms in total. The van der Waals surface area contributed by atoms with Crippen molar-refractivity contribution in [1.82, 2.24) is 4.98 Å². The van der Waals surface area contributed by atoms with Crippen LogP contribution < -0.4 is 4.90 Å². The van der Waals surface area contributed by atoms with Gasteiger partial charge in [-0.3, -0.25) is 4.79 Å². The predicted octanol–water partition coefficient (Wildman–Crippen LogP) is 1.87. The third kappa shape index (κ3) is 3.84. The average Bonchev–Trinajstić information content (AvgIpc) is 2.46. The Kier molecular flexibility index (Phi) is 4.66. The Balaban J connectivity index is 2.17. The quantitative estimate of drug-likeness (QED) is 0.798. The number of nitrogens with zero attached hydrogens (tertiary/aromatic N) is 2. The largest absolute Gasteiger partial charge is 0.469 e. The van der Waals surface area contributed by atoms with Gasteiger partial charge >= 0.3 is 12.1 Å². The van der Waals surface area contributed by atoms with Gasteiger partial charge in [-0.2, -0.15) is 13.2 Å². The van der Waals surface area contributed by atoms with E-state index in [1.807, 2.05) is 0 Å². The van der Waals surface area contributed by atoms with Crippen molar-refractivity contribution < 1.29 is 27.4 Å². The molecule has 0 bridgehead atoms. The molecule has 1 aliphatic rings. The molecule has 116 valence electrons. The molecule has 0 N–H and O–H groups in total. The molecule has 1 aromatic heterocycles. The molecular formula is C13H15F3N2O3. The highest BCUT2D eigenvalue weighted by Crippen LogP contribution is 2.35. The number of ether oxygens (including phenoxy) is 2. The van der Waals surface area contributed by atoms with Crippen molar-refractivity contribution in [3.8, 4) is 0 Å². The number of carbonyl (C=O) groups excluding carboxylic acids is 1. The zero-order chi connectivity index (χ0) is 15.5. The van der Waals surface area contributed by atoms with Crippen molar-refractivity contribution in [2.75, 3.05) is 31.7 Å². The number of rotatable bonds is 3. The lowest BCUT2D eigenvalue weighted by atomic mass is 10.1. The van der Waals surface area contributed by atoms with Crippen LogP contribution in [-0.2, 0) is 20.4 Å². The van der Waals surface area contributed by atoms with Gasteiger partial charge in [0, 0.05) is 19.3 Å². The number of morpholine rings is 1. The smallest absolute Gasteiger partial charge is 0.419 e. The number of aromatic nitrogens is 1. The molecule has 0 aromatic carbocycles. The van der Waals surface area contributed by atoms with Crippen LogP contribution in [0.3, 0.4) is 0 Å². The first-order valence-electron chi connectivity index (χ1n) is 6.37. The van der Waals surface area contributed by atoms with Crippen molar-refractivity contribution in [2.24, 2.45) is 0 Å². The number of hydrogen-bond donors (Lipinski definition) is 0. The molecule has 0 amide bonds. The van der Waals surface area contributed by atoms with E-state index in [-0.39, 0.29) is 31.9 Å². The number of carbonyl (C=O) groups is 1. The second-order valence-corrected chi connectivity index (χ2v) is 4.59. The molecule has 0 radical (unpaired) electrons. The van der Waals surface area contributed by atoms with Gasteiger partial charge in [-0.25, -0.2) is 4.98 Å². The van der Waals surface area contributed by atoms with E-state index in [1.54, 1.807) is 0 Å². The summed E-state index contributed by atoms with van der Waals surface area (Å²) in [7, 11) is 1.25. The lowest BCUT2D eigenvalue weighted by Gasteiger charge is -2.34. The van der Waals surface area contributed by atoms with E-state index in [0.717, 1.165) is 6.07 Å². The summed E-state index contributed by atoms with van der Waals surface area (Å²) >= 11 is 0. The predicted molar refractivity (Wildman–Crippen MR) is 67.8 cm³/mol. The van der Waals surface area contributed by atoms with E-state index in [0.29, 0.717) is 0 Å². The lowest BCUT2D eigenvalue weighted by molar-refractivity contribution is -0.144. The molecule has 2 heterocycles. The van der Waals surface area contributed by atoms with E-state index in [4.69, 9.17) is 4.74 Å². The second-order valence-electron chi connectivity index (χ2n) is 4.59. The van der Waals surface area contributed by atoms with E-state index < -0.39 is 23.8 Å². The SMILES string of the molecule is COC(=O)CC1CN(c2ncccc2C(F)(F)F)CCO1. The molecule has 1 fully saturated rings. The van der Waals surface area contributed by atoms with Gasteiger partial charge in [-0.15, -0.1) is 0 Å². The summed E-state index contributed by atoms with van der Waals surface area (Å²) in [6.45, 7) is 0.683. The summed E-state index contributed by atoms with van der Waals surface area (Å²) in [5.41, 5.74) is -0.788.